The zero-order valence-corrected chi connectivity index (χ0v) is 37.5. The highest BCUT2D eigenvalue weighted by molar-refractivity contribution is 5.45. The summed E-state index contributed by atoms with van der Waals surface area (Å²) in [6.07, 6.45) is 34.6. The number of nitrogen functional groups attached to an aromatic ring is 2. The van der Waals surface area contributed by atoms with Crippen LogP contribution in [0, 0.1) is 0 Å². The van der Waals surface area contributed by atoms with Crippen LogP contribution in [0.25, 0.3) is 0 Å². The molecule has 4 N–H and O–H groups in total. The van der Waals surface area contributed by atoms with E-state index in [1.807, 2.05) is 0 Å². The lowest BCUT2D eigenvalue weighted by Crippen LogP contribution is -2.06. The third kappa shape index (κ3) is 17.4. The molecule has 4 rings (SSSR count). The quantitative estimate of drug-likeness (QED) is 0.0383. The van der Waals surface area contributed by atoms with Crippen molar-refractivity contribution in [2.45, 2.75) is 205 Å². The third-order valence-corrected chi connectivity index (χ3v) is 12.9. The van der Waals surface area contributed by atoms with Gasteiger partial charge in [-0.25, -0.2) is 0 Å². The van der Waals surface area contributed by atoms with E-state index in [-0.39, 0.29) is 0 Å². The molecule has 318 valence electrons. The highest BCUT2D eigenvalue weighted by atomic mass is 14.5. The van der Waals surface area contributed by atoms with Crippen molar-refractivity contribution in [1.29, 1.82) is 0 Å². The zero-order chi connectivity index (χ0) is 41.0. The highest BCUT2D eigenvalue weighted by Gasteiger charge is 2.20. The summed E-state index contributed by atoms with van der Waals surface area (Å²) in [5, 5.41) is 0. The van der Waals surface area contributed by atoms with Crippen LogP contribution in [0.15, 0.2) is 97.1 Å². The molecule has 0 aromatic heterocycles. The van der Waals surface area contributed by atoms with Gasteiger partial charge in [-0.15, -0.1) is 0 Å². The van der Waals surface area contributed by atoms with Crippen molar-refractivity contribution >= 4 is 11.4 Å². The Morgan fingerprint density at radius 3 is 0.638 bits per heavy atom. The molecule has 0 fully saturated rings. The van der Waals surface area contributed by atoms with E-state index >= 15 is 0 Å². The van der Waals surface area contributed by atoms with E-state index in [1.54, 1.807) is 0 Å². The fourth-order valence-corrected chi connectivity index (χ4v) is 9.23. The monoisotopic (exact) mass is 785 g/mol. The molecule has 0 aliphatic rings. The first-order valence-electron chi connectivity index (χ1n) is 24.4. The third-order valence-electron chi connectivity index (χ3n) is 12.9. The molecule has 0 saturated heterocycles. The number of unbranched alkanes of at least 4 members (excludes halogenated alkanes) is 20. The minimum Gasteiger partial charge on any atom is -0.399 e. The second-order valence-electron chi connectivity index (χ2n) is 17.8. The predicted molar refractivity (Wildman–Crippen MR) is 257 cm³/mol. The molecular formula is C56H84N2. The highest BCUT2D eigenvalue weighted by Crippen LogP contribution is 2.37. The minimum absolute atomic E-state index is 0.405. The van der Waals surface area contributed by atoms with E-state index in [1.165, 1.54) is 200 Å². The van der Waals surface area contributed by atoms with E-state index in [0.29, 0.717) is 17.8 Å². The molecule has 0 spiro atoms. The topological polar surface area (TPSA) is 52.0 Å². The molecule has 4 aromatic rings. The lowest BCUT2D eigenvalue weighted by molar-refractivity contribution is 0.545. The summed E-state index contributed by atoms with van der Waals surface area (Å²) in [6.45, 7) is 6.91. The van der Waals surface area contributed by atoms with Crippen molar-refractivity contribution in [3.05, 3.63) is 130 Å². The van der Waals surface area contributed by atoms with E-state index in [2.05, 4.69) is 118 Å². The van der Waals surface area contributed by atoms with Crippen LogP contribution < -0.4 is 11.5 Å². The predicted octanol–water partition coefficient (Wildman–Crippen LogP) is 17.4. The summed E-state index contributed by atoms with van der Waals surface area (Å²) >= 11 is 0. The molecule has 0 saturated carbocycles. The van der Waals surface area contributed by atoms with Gasteiger partial charge >= 0.3 is 0 Å². The van der Waals surface area contributed by atoms with Crippen LogP contribution in [0.4, 0.5) is 11.4 Å². The van der Waals surface area contributed by atoms with Crippen LogP contribution in [-0.4, -0.2) is 0 Å². The molecule has 0 aliphatic heterocycles. The van der Waals surface area contributed by atoms with Crippen LogP contribution in [0.5, 0.6) is 0 Å². The average Bonchev–Trinajstić information content (AvgIpc) is 3.25. The summed E-state index contributed by atoms with van der Waals surface area (Å²) < 4.78 is 0. The number of hydrogen-bond acceptors (Lipinski definition) is 2. The summed E-state index contributed by atoms with van der Waals surface area (Å²) in [5.74, 6) is 1.22. The van der Waals surface area contributed by atoms with Crippen LogP contribution in [0.2, 0.25) is 0 Å². The van der Waals surface area contributed by atoms with Crippen LogP contribution in [0.3, 0.4) is 0 Å². The Bertz CT molecular complexity index is 1460. The number of anilines is 2. The first-order valence-corrected chi connectivity index (χ1v) is 24.4. The maximum atomic E-state index is 6.15. The second-order valence-corrected chi connectivity index (χ2v) is 17.8. The number of benzene rings is 4. The standard InChI is InChI=1S/C56H84N2/c1-4-7-10-13-15-17-19-22-25-28-55(50-38-42-52(57)43-39-50)48-34-30-46(31-35-48)54(27-24-21-12-9-6-3)47-32-36-49(37-33-47)56(51-40-44-53(58)45-41-51)29-26-23-20-18-16-14-11-8-5-2/h30-45,54-56H,4-29,57-58H2,1-3H3. The normalized spacial score (nSPS) is 13.1. The molecule has 2 nitrogen and oxygen atoms in total. The van der Waals surface area contributed by atoms with E-state index < -0.39 is 0 Å². The van der Waals surface area contributed by atoms with Gasteiger partial charge in [-0.1, -0.05) is 241 Å². The molecule has 2 unspecified atom stereocenters. The summed E-state index contributed by atoms with van der Waals surface area (Å²) in [5.41, 5.74) is 22.6. The van der Waals surface area contributed by atoms with Crippen LogP contribution >= 0.6 is 0 Å². The Morgan fingerprint density at radius 2 is 0.431 bits per heavy atom. The molecule has 2 heteroatoms. The van der Waals surface area contributed by atoms with Gasteiger partial charge in [-0.2, -0.15) is 0 Å². The van der Waals surface area contributed by atoms with Crippen molar-refractivity contribution in [3.63, 3.8) is 0 Å². The summed E-state index contributed by atoms with van der Waals surface area (Å²) in [6, 6.07) is 37.0. The molecule has 58 heavy (non-hydrogen) atoms. The Hall–Kier alpha value is -3.52. The van der Waals surface area contributed by atoms with Gasteiger partial charge in [0.05, 0.1) is 0 Å². The molecule has 2 atom stereocenters. The molecule has 0 heterocycles. The molecule has 0 amide bonds. The zero-order valence-electron chi connectivity index (χ0n) is 37.5. The number of hydrogen-bond donors (Lipinski definition) is 2. The van der Waals surface area contributed by atoms with Crippen LogP contribution in [0.1, 0.15) is 239 Å². The number of nitrogens with two attached hydrogens (primary N) is 2. The molecule has 4 aromatic carbocycles. The largest absolute Gasteiger partial charge is 0.399 e. The van der Waals surface area contributed by atoms with Gasteiger partial charge in [0, 0.05) is 29.1 Å². The van der Waals surface area contributed by atoms with Gasteiger partial charge in [0.1, 0.15) is 0 Å². The van der Waals surface area contributed by atoms with E-state index in [9.17, 15) is 0 Å². The van der Waals surface area contributed by atoms with Gasteiger partial charge in [-0.3, -0.25) is 0 Å². The lowest BCUT2D eigenvalue weighted by Gasteiger charge is -2.23. The molecule has 0 aliphatic carbocycles. The minimum atomic E-state index is 0.405. The Kier molecular flexibility index (Phi) is 23.4. The maximum Gasteiger partial charge on any atom is 0.0314 e. The molecule has 0 radical (unpaired) electrons. The van der Waals surface area contributed by atoms with Gasteiger partial charge in [-0.05, 0) is 76.9 Å². The lowest BCUT2D eigenvalue weighted by atomic mass is 9.81. The van der Waals surface area contributed by atoms with Gasteiger partial charge in [0.15, 0.2) is 0 Å². The maximum absolute atomic E-state index is 6.15. The van der Waals surface area contributed by atoms with Crippen molar-refractivity contribution in [2.24, 2.45) is 0 Å². The van der Waals surface area contributed by atoms with Gasteiger partial charge < -0.3 is 11.5 Å². The fourth-order valence-electron chi connectivity index (χ4n) is 9.23. The molecule has 0 bridgehead atoms. The second kappa shape index (κ2) is 28.8. The number of rotatable bonds is 32. The SMILES string of the molecule is CCCCCCCCCCCC(c1ccc(N)cc1)c1ccc(C(CCCCCCC)c2ccc(C(CCCCCCCCCCC)c3ccc(N)cc3)cc2)cc1. The van der Waals surface area contributed by atoms with Crippen molar-refractivity contribution in [1.82, 2.24) is 0 Å². The van der Waals surface area contributed by atoms with E-state index in [0.717, 1.165) is 11.4 Å². The Balaban J connectivity index is 1.48. The summed E-state index contributed by atoms with van der Waals surface area (Å²) in [4.78, 5) is 0. The first-order chi connectivity index (χ1) is 28.5. The van der Waals surface area contributed by atoms with Crippen molar-refractivity contribution in [3.8, 4) is 0 Å². The average molecular weight is 785 g/mol. The first kappa shape index (κ1) is 47.2. The van der Waals surface area contributed by atoms with E-state index in [4.69, 9.17) is 11.5 Å². The van der Waals surface area contributed by atoms with Gasteiger partial charge in [0.25, 0.3) is 0 Å². The smallest absolute Gasteiger partial charge is 0.0314 e. The van der Waals surface area contributed by atoms with Crippen molar-refractivity contribution < 1.29 is 0 Å². The van der Waals surface area contributed by atoms with Gasteiger partial charge in [0.2, 0.25) is 0 Å². The van der Waals surface area contributed by atoms with Crippen LogP contribution in [-0.2, 0) is 0 Å². The molecular weight excluding hydrogens is 701 g/mol. The fraction of sp³-hybridized carbons (Fsp3) is 0.571. The Labute approximate surface area is 357 Å². The van der Waals surface area contributed by atoms with Crippen molar-refractivity contribution in [2.75, 3.05) is 11.5 Å². The summed E-state index contributed by atoms with van der Waals surface area (Å²) in [7, 11) is 0. The Morgan fingerprint density at radius 1 is 0.259 bits per heavy atom.